The molecule has 0 saturated heterocycles. The quantitative estimate of drug-likeness (QED) is 0.798. The third kappa shape index (κ3) is 2.71. The third-order valence-electron chi connectivity index (χ3n) is 3.79. The third-order valence-corrected chi connectivity index (χ3v) is 5.76. The van der Waals surface area contributed by atoms with Crippen molar-refractivity contribution in [2.45, 2.75) is 36.6 Å². The normalized spacial score (nSPS) is 16.6. The molecule has 0 bridgehead atoms. The van der Waals surface area contributed by atoms with Gasteiger partial charge in [-0.1, -0.05) is 25.0 Å². The summed E-state index contributed by atoms with van der Waals surface area (Å²) < 4.78 is 31.4. The lowest BCUT2D eigenvalue weighted by molar-refractivity contribution is 0.0596. The van der Waals surface area contributed by atoms with Crippen molar-refractivity contribution in [3.8, 4) is 0 Å². The smallest absolute Gasteiger partial charge is 0.339 e. The maximum atomic E-state index is 12.7. The van der Waals surface area contributed by atoms with Crippen molar-refractivity contribution in [2.24, 2.45) is 0 Å². The maximum absolute atomic E-state index is 12.7. The molecule has 5 nitrogen and oxygen atoms in total. The van der Waals surface area contributed by atoms with E-state index in [4.69, 9.17) is 0 Å². The zero-order chi connectivity index (χ0) is 14.8. The summed E-state index contributed by atoms with van der Waals surface area (Å²) in [6.07, 6.45) is 3.83. The zero-order valence-corrected chi connectivity index (χ0v) is 12.5. The van der Waals surface area contributed by atoms with E-state index in [1.807, 2.05) is 0 Å². The fourth-order valence-corrected chi connectivity index (χ4v) is 4.18. The minimum atomic E-state index is -3.68. The molecule has 0 aliphatic heterocycles. The second-order valence-corrected chi connectivity index (χ2v) is 6.91. The highest BCUT2D eigenvalue weighted by molar-refractivity contribution is 7.89. The van der Waals surface area contributed by atoms with Crippen LogP contribution in [0, 0.1) is 0 Å². The van der Waals surface area contributed by atoms with Gasteiger partial charge in [0.1, 0.15) is 0 Å². The lowest BCUT2D eigenvalue weighted by Gasteiger charge is -2.24. The molecular formula is C14H19NO4S. The molecule has 20 heavy (non-hydrogen) atoms. The first-order chi connectivity index (χ1) is 9.48. The van der Waals surface area contributed by atoms with Crippen molar-refractivity contribution in [1.82, 2.24) is 4.31 Å². The minimum Gasteiger partial charge on any atom is -0.465 e. The Labute approximate surface area is 119 Å². The van der Waals surface area contributed by atoms with Crippen LogP contribution in [0.25, 0.3) is 0 Å². The van der Waals surface area contributed by atoms with Gasteiger partial charge in [0.2, 0.25) is 10.0 Å². The first-order valence-electron chi connectivity index (χ1n) is 6.64. The highest BCUT2D eigenvalue weighted by atomic mass is 32.2. The Balaban J connectivity index is 2.41. The lowest BCUT2D eigenvalue weighted by atomic mass is 10.2. The predicted molar refractivity (Wildman–Crippen MR) is 75.0 cm³/mol. The van der Waals surface area contributed by atoms with Gasteiger partial charge in [-0.25, -0.2) is 13.2 Å². The predicted octanol–water partition coefficient (Wildman–Crippen LogP) is 2.04. The van der Waals surface area contributed by atoms with Crippen LogP contribution in [0.3, 0.4) is 0 Å². The number of sulfonamides is 1. The number of ether oxygens (including phenoxy) is 1. The fraction of sp³-hybridized carbons (Fsp3) is 0.500. The van der Waals surface area contributed by atoms with Gasteiger partial charge in [-0.05, 0) is 25.0 Å². The van der Waals surface area contributed by atoms with E-state index in [0.29, 0.717) is 0 Å². The number of carbonyl (C=O) groups excluding carboxylic acids is 1. The minimum absolute atomic E-state index is 0.0150. The van der Waals surface area contributed by atoms with Gasteiger partial charge in [-0.3, -0.25) is 0 Å². The molecule has 2 rings (SSSR count). The zero-order valence-electron chi connectivity index (χ0n) is 11.7. The van der Waals surface area contributed by atoms with Gasteiger partial charge >= 0.3 is 5.97 Å². The van der Waals surface area contributed by atoms with Crippen LogP contribution in [-0.2, 0) is 14.8 Å². The maximum Gasteiger partial charge on any atom is 0.339 e. The molecule has 0 N–H and O–H groups in total. The van der Waals surface area contributed by atoms with Crippen molar-refractivity contribution in [2.75, 3.05) is 14.2 Å². The molecule has 1 aliphatic carbocycles. The van der Waals surface area contributed by atoms with Crippen LogP contribution < -0.4 is 0 Å². The second-order valence-electron chi connectivity index (χ2n) is 4.95. The molecule has 0 heterocycles. The van der Waals surface area contributed by atoms with E-state index in [1.165, 1.54) is 23.5 Å². The van der Waals surface area contributed by atoms with Gasteiger partial charge in [0.05, 0.1) is 17.6 Å². The van der Waals surface area contributed by atoms with Gasteiger partial charge in [0.25, 0.3) is 0 Å². The molecule has 1 saturated carbocycles. The van der Waals surface area contributed by atoms with E-state index in [-0.39, 0.29) is 16.5 Å². The van der Waals surface area contributed by atoms with Crippen molar-refractivity contribution in [3.63, 3.8) is 0 Å². The number of esters is 1. The van der Waals surface area contributed by atoms with Crippen molar-refractivity contribution in [1.29, 1.82) is 0 Å². The molecule has 0 aromatic heterocycles. The summed E-state index contributed by atoms with van der Waals surface area (Å²) >= 11 is 0. The van der Waals surface area contributed by atoms with E-state index >= 15 is 0 Å². The van der Waals surface area contributed by atoms with Crippen molar-refractivity contribution in [3.05, 3.63) is 29.8 Å². The number of nitrogens with zero attached hydrogens (tertiary/aromatic N) is 1. The molecule has 0 unspecified atom stereocenters. The largest absolute Gasteiger partial charge is 0.465 e. The lowest BCUT2D eigenvalue weighted by Crippen LogP contribution is -2.36. The fourth-order valence-electron chi connectivity index (χ4n) is 2.59. The molecule has 1 aromatic carbocycles. The van der Waals surface area contributed by atoms with E-state index < -0.39 is 16.0 Å². The molecular weight excluding hydrogens is 278 g/mol. The molecule has 110 valence electrons. The number of carbonyl (C=O) groups is 1. The first-order valence-corrected chi connectivity index (χ1v) is 8.08. The van der Waals surface area contributed by atoms with Crippen LogP contribution >= 0.6 is 0 Å². The Morgan fingerprint density at radius 3 is 2.45 bits per heavy atom. The van der Waals surface area contributed by atoms with Crippen molar-refractivity contribution >= 4 is 16.0 Å². The Morgan fingerprint density at radius 1 is 1.25 bits per heavy atom. The summed E-state index contributed by atoms with van der Waals surface area (Å²) in [7, 11) is -0.850. The second kappa shape index (κ2) is 5.93. The Hall–Kier alpha value is -1.40. The van der Waals surface area contributed by atoms with Gasteiger partial charge in [0, 0.05) is 13.1 Å². The average Bonchev–Trinajstić information content (AvgIpc) is 2.99. The van der Waals surface area contributed by atoms with E-state index in [9.17, 15) is 13.2 Å². The molecule has 1 aromatic rings. The summed E-state index contributed by atoms with van der Waals surface area (Å²) in [6.45, 7) is 0. The SMILES string of the molecule is COC(=O)c1ccccc1S(=O)(=O)N(C)C1CCCC1. The van der Waals surface area contributed by atoms with Crippen LogP contribution in [0.1, 0.15) is 36.0 Å². The Bertz CT molecular complexity index is 591. The number of hydrogen-bond acceptors (Lipinski definition) is 4. The monoisotopic (exact) mass is 297 g/mol. The summed E-state index contributed by atoms with van der Waals surface area (Å²) in [5.41, 5.74) is 0.0832. The van der Waals surface area contributed by atoms with E-state index in [2.05, 4.69) is 4.74 Å². The van der Waals surface area contributed by atoms with Gasteiger partial charge in [-0.2, -0.15) is 4.31 Å². The van der Waals surface area contributed by atoms with Crippen LogP contribution in [0.5, 0.6) is 0 Å². The molecule has 1 fully saturated rings. The van der Waals surface area contributed by atoms with E-state index in [0.717, 1.165) is 25.7 Å². The average molecular weight is 297 g/mol. The highest BCUT2D eigenvalue weighted by Gasteiger charge is 2.32. The van der Waals surface area contributed by atoms with Crippen LogP contribution in [-0.4, -0.2) is 38.9 Å². The van der Waals surface area contributed by atoms with Crippen molar-refractivity contribution < 1.29 is 17.9 Å². The van der Waals surface area contributed by atoms with Gasteiger partial charge < -0.3 is 4.74 Å². The summed E-state index contributed by atoms with van der Waals surface area (Å²) in [5.74, 6) is -0.635. The van der Waals surface area contributed by atoms with Crippen LogP contribution in [0.4, 0.5) is 0 Å². The van der Waals surface area contributed by atoms with Gasteiger partial charge in [-0.15, -0.1) is 0 Å². The summed E-state index contributed by atoms with van der Waals surface area (Å²) in [6, 6.07) is 6.18. The van der Waals surface area contributed by atoms with E-state index in [1.54, 1.807) is 19.2 Å². The Kier molecular flexibility index (Phi) is 4.45. The number of hydrogen-bond donors (Lipinski definition) is 0. The molecule has 0 amide bonds. The van der Waals surface area contributed by atoms with Crippen LogP contribution in [0.15, 0.2) is 29.2 Å². The molecule has 1 aliphatic rings. The topological polar surface area (TPSA) is 63.7 Å². The summed E-state index contributed by atoms with van der Waals surface area (Å²) in [5, 5.41) is 0. The number of rotatable bonds is 4. The molecule has 6 heteroatoms. The molecule has 0 radical (unpaired) electrons. The van der Waals surface area contributed by atoms with Gasteiger partial charge in [0.15, 0.2) is 0 Å². The first kappa shape index (κ1) is 15.0. The number of methoxy groups -OCH3 is 1. The molecule has 0 atom stereocenters. The number of benzene rings is 1. The standard InChI is InChI=1S/C14H19NO4S/c1-15(11-7-3-4-8-11)20(17,18)13-10-6-5-9-12(13)14(16)19-2/h5-6,9-11H,3-4,7-8H2,1-2H3. The summed E-state index contributed by atoms with van der Waals surface area (Å²) in [4.78, 5) is 11.7. The Morgan fingerprint density at radius 2 is 1.85 bits per heavy atom. The molecule has 0 spiro atoms. The highest BCUT2D eigenvalue weighted by Crippen LogP contribution is 2.28. The van der Waals surface area contributed by atoms with Crippen LogP contribution in [0.2, 0.25) is 0 Å².